The van der Waals surface area contributed by atoms with Crippen LogP contribution >= 0.6 is 10.7 Å². The van der Waals surface area contributed by atoms with E-state index in [-0.39, 0.29) is 11.2 Å². The van der Waals surface area contributed by atoms with Gasteiger partial charge in [0.15, 0.2) is 0 Å². The van der Waals surface area contributed by atoms with Crippen molar-refractivity contribution in [2.45, 2.75) is 46.0 Å². The van der Waals surface area contributed by atoms with Gasteiger partial charge in [-0.1, -0.05) is 25.3 Å². The Morgan fingerprint density at radius 3 is 2.38 bits per heavy atom. The van der Waals surface area contributed by atoms with Crippen LogP contribution in [0.15, 0.2) is 18.2 Å². The molecule has 0 aromatic heterocycles. The highest BCUT2D eigenvalue weighted by Gasteiger charge is 2.37. The molecule has 1 aliphatic rings. The molecule has 0 amide bonds. The summed E-state index contributed by atoms with van der Waals surface area (Å²) in [6.45, 7) is 4.52. The van der Waals surface area contributed by atoms with Gasteiger partial charge in [-0.05, 0) is 49.9 Å². The van der Waals surface area contributed by atoms with E-state index in [2.05, 4.69) is 6.92 Å². The van der Waals surface area contributed by atoms with Gasteiger partial charge in [0.1, 0.15) is 5.75 Å². The smallest absolute Gasteiger partial charge is 0.233 e. The first kappa shape index (κ1) is 16.6. The Balaban J connectivity index is 2.10. The van der Waals surface area contributed by atoms with E-state index < -0.39 is 9.05 Å². The molecule has 1 fully saturated rings. The van der Waals surface area contributed by atoms with E-state index in [4.69, 9.17) is 15.4 Å². The van der Waals surface area contributed by atoms with Crippen molar-refractivity contribution < 1.29 is 13.2 Å². The summed E-state index contributed by atoms with van der Waals surface area (Å²) in [7, 11) is 1.99. The van der Waals surface area contributed by atoms with Gasteiger partial charge in [-0.15, -0.1) is 0 Å². The summed E-state index contributed by atoms with van der Waals surface area (Å²) in [5.41, 5.74) is 2.06. The fraction of sp³-hybridized carbons (Fsp3) is 0.625. The Labute approximate surface area is 132 Å². The van der Waals surface area contributed by atoms with Crippen molar-refractivity contribution in [1.29, 1.82) is 0 Å². The summed E-state index contributed by atoms with van der Waals surface area (Å²) in [4.78, 5) is 0. The molecule has 2 rings (SSSR count). The van der Waals surface area contributed by atoms with E-state index in [1.807, 2.05) is 25.1 Å². The number of aryl methyl sites for hydroxylation is 2. The Bertz CT molecular complexity index is 590. The summed E-state index contributed by atoms with van der Waals surface area (Å²) < 4.78 is 29.0. The minimum Gasteiger partial charge on any atom is -0.493 e. The molecule has 0 atom stereocenters. The molecule has 1 aliphatic carbocycles. The Kier molecular flexibility index (Phi) is 5.20. The summed E-state index contributed by atoms with van der Waals surface area (Å²) >= 11 is 0. The van der Waals surface area contributed by atoms with Crippen LogP contribution in [0.25, 0.3) is 0 Å². The third kappa shape index (κ3) is 4.89. The van der Waals surface area contributed by atoms with Crippen molar-refractivity contribution in [3.05, 3.63) is 29.3 Å². The number of rotatable bonds is 5. The Hall–Kier alpha value is -0.740. The van der Waals surface area contributed by atoms with Gasteiger partial charge in [0.25, 0.3) is 0 Å². The first-order chi connectivity index (χ1) is 9.80. The van der Waals surface area contributed by atoms with Crippen LogP contribution in [0.2, 0.25) is 0 Å². The fourth-order valence-electron chi connectivity index (χ4n) is 3.04. The quantitative estimate of drug-likeness (QED) is 0.760. The lowest BCUT2D eigenvalue weighted by Gasteiger charge is -2.35. The highest BCUT2D eigenvalue weighted by Crippen LogP contribution is 2.38. The van der Waals surface area contributed by atoms with Crippen LogP contribution in [0.1, 0.15) is 43.2 Å². The lowest BCUT2D eigenvalue weighted by Crippen LogP contribution is -2.36. The van der Waals surface area contributed by atoms with Crippen LogP contribution in [0, 0.1) is 19.3 Å². The zero-order valence-electron chi connectivity index (χ0n) is 12.7. The van der Waals surface area contributed by atoms with Crippen LogP contribution < -0.4 is 4.74 Å². The molecule has 0 spiro atoms. The molecule has 1 saturated carbocycles. The normalized spacial score (nSPS) is 18.4. The standard InChI is InChI=1S/C16H23ClO3S/c1-13-6-7-15(10-14(13)2)20-11-16(12-21(17,18)19)8-4-3-5-9-16/h6-7,10H,3-5,8-9,11-12H2,1-2H3. The molecule has 1 aromatic rings. The third-order valence-corrected chi connectivity index (χ3v) is 5.70. The highest BCUT2D eigenvalue weighted by molar-refractivity contribution is 8.13. The van der Waals surface area contributed by atoms with E-state index in [0.717, 1.165) is 37.9 Å². The molecule has 0 N–H and O–H groups in total. The first-order valence-corrected chi connectivity index (χ1v) is 9.90. The van der Waals surface area contributed by atoms with Crippen LogP contribution in [0.4, 0.5) is 0 Å². The summed E-state index contributed by atoms with van der Waals surface area (Å²) in [6.07, 6.45) is 4.98. The number of hydrogen-bond donors (Lipinski definition) is 0. The second-order valence-corrected chi connectivity index (χ2v) is 9.06. The molecular weight excluding hydrogens is 308 g/mol. The van der Waals surface area contributed by atoms with Crippen molar-refractivity contribution in [3.8, 4) is 5.75 Å². The van der Waals surface area contributed by atoms with Crippen molar-refractivity contribution in [2.75, 3.05) is 12.4 Å². The van der Waals surface area contributed by atoms with Gasteiger partial charge in [0.05, 0.1) is 12.4 Å². The molecule has 0 radical (unpaired) electrons. The largest absolute Gasteiger partial charge is 0.493 e. The van der Waals surface area contributed by atoms with Crippen molar-refractivity contribution in [1.82, 2.24) is 0 Å². The van der Waals surface area contributed by atoms with Crippen molar-refractivity contribution >= 4 is 19.7 Å². The lowest BCUT2D eigenvalue weighted by atomic mass is 9.76. The zero-order valence-corrected chi connectivity index (χ0v) is 14.3. The predicted molar refractivity (Wildman–Crippen MR) is 86.6 cm³/mol. The van der Waals surface area contributed by atoms with E-state index >= 15 is 0 Å². The minimum atomic E-state index is -3.51. The molecule has 21 heavy (non-hydrogen) atoms. The molecule has 1 aromatic carbocycles. The maximum absolute atomic E-state index is 11.5. The van der Waals surface area contributed by atoms with Crippen LogP contribution in [0.5, 0.6) is 5.75 Å². The van der Waals surface area contributed by atoms with Gasteiger partial charge in [0.2, 0.25) is 9.05 Å². The highest BCUT2D eigenvalue weighted by atomic mass is 35.7. The lowest BCUT2D eigenvalue weighted by molar-refractivity contribution is 0.119. The molecule has 118 valence electrons. The Morgan fingerprint density at radius 2 is 1.81 bits per heavy atom. The molecule has 5 heteroatoms. The third-order valence-electron chi connectivity index (χ3n) is 4.42. The van der Waals surface area contributed by atoms with Crippen LogP contribution in [0.3, 0.4) is 0 Å². The second-order valence-electron chi connectivity index (χ2n) is 6.28. The predicted octanol–water partition coefficient (Wildman–Crippen LogP) is 4.20. The number of hydrogen-bond acceptors (Lipinski definition) is 3. The molecule has 3 nitrogen and oxygen atoms in total. The molecule has 0 bridgehead atoms. The van der Waals surface area contributed by atoms with Gasteiger partial charge < -0.3 is 4.74 Å². The average molecular weight is 331 g/mol. The minimum absolute atomic E-state index is 0.00635. The van der Waals surface area contributed by atoms with Gasteiger partial charge in [-0.25, -0.2) is 8.42 Å². The first-order valence-electron chi connectivity index (χ1n) is 7.42. The number of ether oxygens (including phenoxy) is 1. The van der Waals surface area contributed by atoms with E-state index in [1.54, 1.807) is 0 Å². The summed E-state index contributed by atoms with van der Waals surface area (Å²) in [5.74, 6) is 0.807. The number of halogens is 1. The molecule has 0 heterocycles. The maximum atomic E-state index is 11.5. The SMILES string of the molecule is Cc1ccc(OCC2(CS(=O)(=O)Cl)CCCCC2)cc1C. The van der Waals surface area contributed by atoms with E-state index in [9.17, 15) is 8.42 Å². The molecule has 0 unspecified atom stereocenters. The fourth-order valence-corrected chi connectivity index (χ4v) is 4.84. The monoisotopic (exact) mass is 330 g/mol. The average Bonchev–Trinajstić information content (AvgIpc) is 2.39. The van der Waals surface area contributed by atoms with Crippen LogP contribution in [-0.4, -0.2) is 20.8 Å². The molecule has 0 aliphatic heterocycles. The summed E-state index contributed by atoms with van der Waals surface area (Å²) in [6, 6.07) is 5.96. The zero-order chi connectivity index (χ0) is 15.5. The number of benzene rings is 1. The van der Waals surface area contributed by atoms with Gasteiger partial charge >= 0.3 is 0 Å². The Morgan fingerprint density at radius 1 is 1.14 bits per heavy atom. The van der Waals surface area contributed by atoms with Crippen LogP contribution in [-0.2, 0) is 9.05 Å². The van der Waals surface area contributed by atoms with E-state index in [0.29, 0.717) is 6.61 Å². The maximum Gasteiger partial charge on any atom is 0.233 e. The second kappa shape index (κ2) is 6.57. The topological polar surface area (TPSA) is 43.4 Å². The van der Waals surface area contributed by atoms with E-state index in [1.165, 1.54) is 11.1 Å². The molecular formula is C16H23ClO3S. The summed E-state index contributed by atoms with van der Waals surface area (Å²) in [5, 5.41) is 0. The van der Waals surface area contributed by atoms with Gasteiger partial charge in [-0.3, -0.25) is 0 Å². The van der Waals surface area contributed by atoms with Gasteiger partial charge in [0, 0.05) is 16.1 Å². The van der Waals surface area contributed by atoms with Crippen molar-refractivity contribution in [3.63, 3.8) is 0 Å². The van der Waals surface area contributed by atoms with Crippen molar-refractivity contribution in [2.24, 2.45) is 5.41 Å². The molecule has 0 saturated heterocycles. The van der Waals surface area contributed by atoms with Gasteiger partial charge in [-0.2, -0.15) is 0 Å².